The molecule has 2 spiro atoms. The zero-order chi connectivity index (χ0) is 33.0. The minimum atomic E-state index is -0.674. The lowest BCUT2D eigenvalue weighted by atomic mass is 9.80. The molecule has 47 heavy (non-hydrogen) atoms. The number of nitrogens with one attached hydrogen (secondary N) is 3. The minimum Gasteiger partial charge on any atom is -0.481 e. The van der Waals surface area contributed by atoms with Crippen molar-refractivity contribution in [2.45, 2.75) is 197 Å². The number of carbonyl (C=O) groups excluding carboxylic acids is 1. The summed E-state index contributed by atoms with van der Waals surface area (Å²) in [7, 11) is 0. The molecule has 5 aliphatic heterocycles. The van der Waals surface area contributed by atoms with Gasteiger partial charge in [0.25, 0.3) is 0 Å². The van der Waals surface area contributed by atoms with Gasteiger partial charge in [0.05, 0.1) is 18.8 Å². The fourth-order valence-corrected chi connectivity index (χ4v) is 9.35. The summed E-state index contributed by atoms with van der Waals surface area (Å²) in [6.07, 6.45) is 30.7. The van der Waals surface area contributed by atoms with E-state index < -0.39 is 11.7 Å². The summed E-state index contributed by atoms with van der Waals surface area (Å²) in [5.41, 5.74) is -0.996. The van der Waals surface area contributed by atoms with Crippen molar-refractivity contribution in [3.8, 4) is 0 Å². The molecule has 0 bridgehead atoms. The highest BCUT2D eigenvalue weighted by Gasteiger charge is 2.66. The number of ether oxygens (including phenoxy) is 3. The van der Waals surface area contributed by atoms with Gasteiger partial charge in [0.15, 0.2) is 5.92 Å². The van der Waals surface area contributed by atoms with Gasteiger partial charge in [-0.1, -0.05) is 96.1 Å². The van der Waals surface area contributed by atoms with Gasteiger partial charge in [0, 0.05) is 32.3 Å². The predicted molar refractivity (Wildman–Crippen MR) is 183 cm³/mol. The molecule has 5 aliphatic rings. The van der Waals surface area contributed by atoms with Gasteiger partial charge in [0.2, 0.25) is 6.29 Å². The molecular weight excluding hydrogens is 594 g/mol. The SMILES string of the molecule is CC[C@H]1C=CCC[C@@]2(C[C@@H]3CC[C@@H]4[C@H](C(=O)OCCCCCCCCCCCCCCCCC(=O)O)[C@]5(CCCCO5)NC(N2)[NH+]34)O1. The van der Waals surface area contributed by atoms with Crippen molar-refractivity contribution in [2.24, 2.45) is 5.92 Å². The van der Waals surface area contributed by atoms with Crippen LogP contribution in [0.25, 0.3) is 0 Å². The van der Waals surface area contributed by atoms with Gasteiger partial charge < -0.3 is 24.2 Å². The summed E-state index contributed by atoms with van der Waals surface area (Å²) in [5, 5.41) is 16.5. The predicted octanol–water partition coefficient (Wildman–Crippen LogP) is 6.12. The van der Waals surface area contributed by atoms with Crippen molar-refractivity contribution < 1.29 is 33.8 Å². The van der Waals surface area contributed by atoms with Crippen LogP contribution < -0.4 is 15.5 Å². The van der Waals surface area contributed by atoms with Crippen LogP contribution in [0.15, 0.2) is 12.2 Å². The quantitative estimate of drug-likeness (QED) is 0.0746. The summed E-state index contributed by atoms with van der Waals surface area (Å²) >= 11 is 0. The smallest absolute Gasteiger partial charge is 0.319 e. The Morgan fingerprint density at radius 1 is 0.894 bits per heavy atom. The van der Waals surface area contributed by atoms with E-state index in [1.807, 2.05) is 0 Å². The zero-order valence-corrected chi connectivity index (χ0v) is 29.4. The van der Waals surface area contributed by atoms with Crippen molar-refractivity contribution in [1.29, 1.82) is 0 Å². The maximum atomic E-state index is 13.9. The maximum Gasteiger partial charge on any atom is 0.319 e. The van der Waals surface area contributed by atoms with Crippen molar-refractivity contribution in [3.63, 3.8) is 0 Å². The molecule has 9 nitrogen and oxygen atoms in total. The lowest BCUT2D eigenvalue weighted by Crippen LogP contribution is -3.29. The first kappa shape index (κ1) is 36.8. The Morgan fingerprint density at radius 2 is 1.57 bits per heavy atom. The average molecular weight is 661 g/mol. The maximum absolute atomic E-state index is 13.9. The summed E-state index contributed by atoms with van der Waals surface area (Å²) in [6, 6.07) is 0.670. The molecule has 2 unspecified atom stereocenters. The van der Waals surface area contributed by atoms with Gasteiger partial charge in [-0.2, -0.15) is 0 Å². The average Bonchev–Trinajstić information content (AvgIpc) is 3.36. The highest BCUT2D eigenvalue weighted by atomic mass is 16.5. The van der Waals surface area contributed by atoms with Gasteiger partial charge >= 0.3 is 11.9 Å². The molecule has 8 atom stereocenters. The molecule has 0 aromatic heterocycles. The Balaban J connectivity index is 0.998. The number of hydrogen-bond acceptors (Lipinski definition) is 7. The van der Waals surface area contributed by atoms with Gasteiger partial charge in [-0.25, -0.2) is 10.6 Å². The van der Waals surface area contributed by atoms with Crippen LogP contribution >= 0.6 is 0 Å². The molecule has 268 valence electrons. The third-order valence-electron chi connectivity index (χ3n) is 11.8. The van der Waals surface area contributed by atoms with E-state index in [-0.39, 0.29) is 36.0 Å². The van der Waals surface area contributed by atoms with Crippen LogP contribution in [-0.2, 0) is 23.8 Å². The lowest BCUT2D eigenvalue weighted by Gasteiger charge is -2.57. The van der Waals surface area contributed by atoms with E-state index in [9.17, 15) is 9.59 Å². The number of unbranched alkanes of at least 4 members (excludes halogenated alkanes) is 13. The standard InChI is InChI=1S/C38H65N3O6/c1-2-31-21-16-17-25-37(47-31)29-30-23-24-32-34(38(26-18-20-28-46-38)40-36(39-37)41(30)32)35(44)45-27-19-14-12-10-8-6-4-3-5-7-9-11-13-15-22-33(42)43/h16,21,30-32,34,36,39-40H,2-15,17-20,22-29H2,1H3,(H,42,43)/p+1/t30-,31-,32+,34+,36?,37-,38+/m0/s1. The molecule has 0 aliphatic carbocycles. The summed E-state index contributed by atoms with van der Waals surface area (Å²) in [4.78, 5) is 25.9. The Morgan fingerprint density at radius 3 is 2.21 bits per heavy atom. The highest BCUT2D eigenvalue weighted by molar-refractivity contribution is 5.75. The molecule has 0 amide bonds. The Bertz CT molecular complexity index is 1000. The van der Waals surface area contributed by atoms with Crippen LogP contribution in [0, 0.1) is 5.92 Å². The van der Waals surface area contributed by atoms with E-state index in [4.69, 9.17) is 19.3 Å². The van der Waals surface area contributed by atoms with E-state index in [1.165, 1.54) is 69.1 Å². The minimum absolute atomic E-state index is 0.0147. The van der Waals surface area contributed by atoms with Crippen LogP contribution in [0.4, 0.5) is 0 Å². The van der Waals surface area contributed by atoms with E-state index in [1.54, 1.807) is 0 Å². The molecule has 4 fully saturated rings. The number of esters is 1. The highest BCUT2D eigenvalue weighted by Crippen LogP contribution is 2.41. The number of carboxylic acids is 1. The van der Waals surface area contributed by atoms with Crippen LogP contribution in [0.3, 0.4) is 0 Å². The molecule has 4 saturated heterocycles. The summed E-state index contributed by atoms with van der Waals surface area (Å²) in [5.74, 6) is -1.00. The third kappa shape index (κ3) is 10.0. The van der Waals surface area contributed by atoms with Crippen LogP contribution in [0.5, 0.6) is 0 Å². The molecule has 0 saturated carbocycles. The first-order valence-electron chi connectivity index (χ1n) is 19.7. The van der Waals surface area contributed by atoms with Gasteiger partial charge in [0.1, 0.15) is 17.5 Å². The van der Waals surface area contributed by atoms with Crippen molar-refractivity contribution in [3.05, 3.63) is 12.2 Å². The number of quaternary nitrogens is 1. The zero-order valence-electron chi connectivity index (χ0n) is 29.4. The number of hydrogen-bond donors (Lipinski definition) is 4. The van der Waals surface area contributed by atoms with E-state index >= 15 is 0 Å². The molecule has 0 aromatic carbocycles. The largest absolute Gasteiger partial charge is 0.481 e. The third-order valence-corrected chi connectivity index (χ3v) is 11.8. The first-order chi connectivity index (χ1) is 23.0. The van der Waals surface area contributed by atoms with Crippen LogP contribution in [0.1, 0.15) is 161 Å². The number of aliphatic carboxylic acids is 1. The van der Waals surface area contributed by atoms with Crippen LogP contribution in [-0.4, -0.2) is 66.2 Å². The lowest BCUT2D eigenvalue weighted by molar-refractivity contribution is -0.985. The van der Waals surface area contributed by atoms with E-state index in [0.29, 0.717) is 25.7 Å². The molecule has 0 aromatic rings. The number of allylic oxidation sites excluding steroid dienone is 1. The van der Waals surface area contributed by atoms with Gasteiger partial charge in [-0.3, -0.25) is 9.59 Å². The monoisotopic (exact) mass is 660 g/mol. The second-order valence-corrected chi connectivity index (χ2v) is 15.3. The topological polar surface area (TPSA) is 111 Å². The van der Waals surface area contributed by atoms with Crippen molar-refractivity contribution >= 4 is 11.9 Å². The van der Waals surface area contributed by atoms with E-state index in [0.717, 1.165) is 83.5 Å². The second-order valence-electron chi connectivity index (χ2n) is 15.3. The van der Waals surface area contributed by atoms with E-state index in [2.05, 4.69) is 29.7 Å². The number of carboxylic acid groups (broad SMARTS) is 1. The van der Waals surface area contributed by atoms with Crippen LogP contribution in [0.2, 0.25) is 0 Å². The summed E-state index contributed by atoms with van der Waals surface area (Å²) in [6.45, 7) is 3.40. The van der Waals surface area contributed by atoms with Gasteiger partial charge in [-0.15, -0.1) is 0 Å². The Labute approximate surface area is 284 Å². The Kier molecular flexibility index (Phi) is 14.4. The molecule has 4 N–H and O–H groups in total. The second kappa shape index (κ2) is 18.5. The molecule has 0 radical (unpaired) electrons. The molecule has 5 heterocycles. The fourth-order valence-electron chi connectivity index (χ4n) is 9.35. The Hall–Kier alpha value is -1.52. The van der Waals surface area contributed by atoms with Crippen molar-refractivity contribution in [2.75, 3.05) is 13.2 Å². The normalized spacial score (nSPS) is 34.7. The van der Waals surface area contributed by atoms with Crippen molar-refractivity contribution in [1.82, 2.24) is 10.6 Å². The van der Waals surface area contributed by atoms with Gasteiger partial charge in [-0.05, 0) is 51.4 Å². The number of carbonyl (C=O) groups is 2. The summed E-state index contributed by atoms with van der Waals surface area (Å²) < 4.78 is 19.4. The molecular formula is C38H66N3O6+. The molecule has 9 heteroatoms. The first-order valence-corrected chi connectivity index (χ1v) is 19.7. The fraction of sp³-hybridized carbons (Fsp3) is 0.895. The molecule has 5 rings (SSSR count). The number of rotatable bonds is 19.